The SMILES string of the molecule is O=C(Nc1ccon1)c1cccnc1Br. The molecule has 0 aliphatic carbocycles. The molecule has 0 aromatic carbocycles. The molecule has 0 aliphatic rings. The molecular weight excluding hydrogens is 262 g/mol. The highest BCUT2D eigenvalue weighted by molar-refractivity contribution is 9.10. The first-order chi connectivity index (χ1) is 7.27. The maximum Gasteiger partial charge on any atom is 0.259 e. The van der Waals surface area contributed by atoms with E-state index in [0.29, 0.717) is 16.0 Å². The third-order valence-electron chi connectivity index (χ3n) is 1.68. The Balaban J connectivity index is 2.19. The van der Waals surface area contributed by atoms with Crippen molar-refractivity contribution < 1.29 is 9.32 Å². The minimum atomic E-state index is -0.288. The van der Waals surface area contributed by atoms with Crippen LogP contribution in [0.3, 0.4) is 0 Å². The molecule has 1 N–H and O–H groups in total. The van der Waals surface area contributed by atoms with E-state index in [1.807, 2.05) is 0 Å². The molecule has 0 fully saturated rings. The lowest BCUT2D eigenvalue weighted by Crippen LogP contribution is -2.13. The van der Waals surface area contributed by atoms with Crippen molar-refractivity contribution >= 4 is 27.7 Å². The highest BCUT2D eigenvalue weighted by Crippen LogP contribution is 2.14. The lowest BCUT2D eigenvalue weighted by molar-refractivity contribution is 0.102. The van der Waals surface area contributed by atoms with Gasteiger partial charge in [0.1, 0.15) is 10.9 Å². The Hall–Kier alpha value is -1.69. The molecule has 76 valence electrons. The van der Waals surface area contributed by atoms with Crippen LogP contribution in [-0.2, 0) is 0 Å². The molecule has 0 aliphatic heterocycles. The van der Waals surface area contributed by atoms with Gasteiger partial charge >= 0.3 is 0 Å². The molecule has 15 heavy (non-hydrogen) atoms. The first-order valence-corrected chi connectivity index (χ1v) is 4.89. The normalized spacial score (nSPS) is 9.93. The second kappa shape index (κ2) is 4.22. The summed E-state index contributed by atoms with van der Waals surface area (Å²) < 4.78 is 5.08. The largest absolute Gasteiger partial charge is 0.363 e. The number of anilines is 1. The lowest BCUT2D eigenvalue weighted by atomic mass is 10.3. The molecule has 2 rings (SSSR count). The summed E-state index contributed by atoms with van der Waals surface area (Å²) in [6.45, 7) is 0. The monoisotopic (exact) mass is 267 g/mol. The first kappa shape index (κ1) is 9.85. The lowest BCUT2D eigenvalue weighted by Gasteiger charge is -2.01. The Morgan fingerprint density at radius 1 is 1.47 bits per heavy atom. The maximum absolute atomic E-state index is 11.7. The summed E-state index contributed by atoms with van der Waals surface area (Å²) in [4.78, 5) is 15.6. The molecule has 0 bridgehead atoms. The summed E-state index contributed by atoms with van der Waals surface area (Å²) in [6, 6.07) is 4.90. The van der Waals surface area contributed by atoms with Gasteiger partial charge < -0.3 is 9.84 Å². The summed E-state index contributed by atoms with van der Waals surface area (Å²) in [7, 11) is 0. The van der Waals surface area contributed by atoms with Crippen LogP contribution in [0.2, 0.25) is 0 Å². The van der Waals surface area contributed by atoms with Crippen molar-refractivity contribution in [3.05, 3.63) is 40.8 Å². The van der Waals surface area contributed by atoms with Gasteiger partial charge in [-0.3, -0.25) is 4.79 Å². The zero-order chi connectivity index (χ0) is 10.7. The van der Waals surface area contributed by atoms with Crippen LogP contribution < -0.4 is 5.32 Å². The number of hydrogen-bond acceptors (Lipinski definition) is 4. The zero-order valence-electron chi connectivity index (χ0n) is 7.48. The van der Waals surface area contributed by atoms with Crippen molar-refractivity contribution in [1.29, 1.82) is 0 Å². The van der Waals surface area contributed by atoms with Gasteiger partial charge in [-0.1, -0.05) is 5.16 Å². The molecule has 0 saturated heterocycles. The molecule has 0 saturated carbocycles. The predicted octanol–water partition coefficient (Wildman–Crippen LogP) is 2.08. The molecule has 0 atom stereocenters. The van der Waals surface area contributed by atoms with Crippen molar-refractivity contribution in [1.82, 2.24) is 10.1 Å². The number of nitrogens with zero attached hydrogens (tertiary/aromatic N) is 2. The van der Waals surface area contributed by atoms with Crippen LogP contribution in [0.25, 0.3) is 0 Å². The van der Waals surface area contributed by atoms with Gasteiger partial charge in [0.05, 0.1) is 5.56 Å². The van der Waals surface area contributed by atoms with Gasteiger partial charge in [0.15, 0.2) is 5.82 Å². The van der Waals surface area contributed by atoms with Crippen LogP contribution in [0.15, 0.2) is 39.8 Å². The Labute approximate surface area is 93.6 Å². The van der Waals surface area contributed by atoms with Crippen molar-refractivity contribution in [2.24, 2.45) is 0 Å². The summed E-state index contributed by atoms with van der Waals surface area (Å²) >= 11 is 3.19. The fraction of sp³-hybridized carbons (Fsp3) is 0. The molecule has 2 aromatic heterocycles. The van der Waals surface area contributed by atoms with E-state index < -0.39 is 0 Å². The summed E-state index contributed by atoms with van der Waals surface area (Å²) in [5, 5.41) is 6.13. The highest BCUT2D eigenvalue weighted by Gasteiger charge is 2.11. The van der Waals surface area contributed by atoms with Crippen LogP contribution >= 0.6 is 15.9 Å². The van der Waals surface area contributed by atoms with E-state index in [1.54, 1.807) is 24.4 Å². The molecule has 0 radical (unpaired) electrons. The van der Waals surface area contributed by atoms with Crippen LogP contribution in [0.5, 0.6) is 0 Å². The molecule has 1 amide bonds. The molecule has 2 heterocycles. The van der Waals surface area contributed by atoms with Gasteiger partial charge in [0.25, 0.3) is 5.91 Å². The number of amides is 1. The van der Waals surface area contributed by atoms with Gasteiger partial charge in [0.2, 0.25) is 0 Å². The number of pyridine rings is 1. The van der Waals surface area contributed by atoms with Crippen molar-refractivity contribution in [2.45, 2.75) is 0 Å². The fourth-order valence-corrected chi connectivity index (χ4v) is 1.45. The number of hydrogen-bond donors (Lipinski definition) is 1. The van der Waals surface area contributed by atoms with Crippen molar-refractivity contribution in [3.8, 4) is 0 Å². The Morgan fingerprint density at radius 3 is 3.00 bits per heavy atom. The number of halogens is 1. The molecule has 5 nitrogen and oxygen atoms in total. The molecule has 0 unspecified atom stereocenters. The number of aromatic nitrogens is 2. The quantitative estimate of drug-likeness (QED) is 0.847. The smallest absolute Gasteiger partial charge is 0.259 e. The van der Waals surface area contributed by atoms with E-state index >= 15 is 0 Å². The predicted molar refractivity (Wildman–Crippen MR) is 56.4 cm³/mol. The molecule has 2 aromatic rings. The van der Waals surface area contributed by atoms with E-state index in [-0.39, 0.29) is 5.91 Å². The summed E-state index contributed by atoms with van der Waals surface area (Å²) in [6.07, 6.45) is 2.98. The zero-order valence-corrected chi connectivity index (χ0v) is 9.06. The minimum absolute atomic E-state index is 0.288. The first-order valence-electron chi connectivity index (χ1n) is 4.09. The number of carbonyl (C=O) groups is 1. The van der Waals surface area contributed by atoms with Crippen LogP contribution in [0.4, 0.5) is 5.82 Å². The number of carbonyl (C=O) groups excluding carboxylic acids is 1. The third-order valence-corrected chi connectivity index (χ3v) is 2.32. The van der Waals surface area contributed by atoms with E-state index in [0.717, 1.165) is 0 Å². The van der Waals surface area contributed by atoms with Gasteiger partial charge in [0, 0.05) is 12.3 Å². The van der Waals surface area contributed by atoms with Crippen LogP contribution in [0, 0.1) is 0 Å². The van der Waals surface area contributed by atoms with Crippen LogP contribution in [0.1, 0.15) is 10.4 Å². The Morgan fingerprint density at radius 2 is 2.33 bits per heavy atom. The van der Waals surface area contributed by atoms with E-state index in [4.69, 9.17) is 0 Å². The maximum atomic E-state index is 11.7. The average Bonchev–Trinajstić information content (AvgIpc) is 2.71. The Kier molecular flexibility index (Phi) is 2.77. The van der Waals surface area contributed by atoms with E-state index in [1.165, 1.54) is 6.26 Å². The van der Waals surface area contributed by atoms with E-state index in [2.05, 4.69) is 35.9 Å². The van der Waals surface area contributed by atoms with Gasteiger partial charge in [-0.25, -0.2) is 4.98 Å². The van der Waals surface area contributed by atoms with Crippen molar-refractivity contribution in [3.63, 3.8) is 0 Å². The number of nitrogens with one attached hydrogen (secondary N) is 1. The second-order valence-electron chi connectivity index (χ2n) is 2.68. The standard InChI is InChI=1S/C9H6BrN3O2/c10-8-6(2-1-4-11-8)9(14)12-7-3-5-15-13-7/h1-5H,(H,12,13,14). The van der Waals surface area contributed by atoms with Gasteiger partial charge in [-0.2, -0.15) is 0 Å². The summed E-state index contributed by atoms with van der Waals surface area (Å²) in [5.74, 6) is 0.0830. The third kappa shape index (κ3) is 2.21. The number of rotatable bonds is 2. The van der Waals surface area contributed by atoms with E-state index in [9.17, 15) is 4.79 Å². The molecule has 6 heteroatoms. The Bertz CT molecular complexity index is 470. The second-order valence-corrected chi connectivity index (χ2v) is 3.43. The average molecular weight is 268 g/mol. The summed E-state index contributed by atoms with van der Waals surface area (Å²) in [5.41, 5.74) is 0.445. The molecule has 0 spiro atoms. The topological polar surface area (TPSA) is 68.0 Å². The minimum Gasteiger partial charge on any atom is -0.363 e. The van der Waals surface area contributed by atoms with Crippen LogP contribution in [-0.4, -0.2) is 16.0 Å². The fourth-order valence-electron chi connectivity index (χ4n) is 1.02. The van der Waals surface area contributed by atoms with Gasteiger partial charge in [-0.05, 0) is 28.1 Å². The van der Waals surface area contributed by atoms with Crippen molar-refractivity contribution in [2.75, 3.05) is 5.32 Å². The highest BCUT2D eigenvalue weighted by atomic mass is 79.9. The van der Waals surface area contributed by atoms with Gasteiger partial charge in [-0.15, -0.1) is 0 Å². The molecular formula is C9H6BrN3O2.